The lowest BCUT2D eigenvalue weighted by Gasteiger charge is -2.21. The number of nitrogens with one attached hydrogen (secondary N) is 1. The molecular formula is C27H32N6O3S. The first-order chi connectivity index (χ1) is 18.1. The fourth-order valence-electron chi connectivity index (χ4n) is 5.11. The summed E-state index contributed by atoms with van der Waals surface area (Å²) in [6, 6.07) is 10.0. The fourth-order valence-corrected chi connectivity index (χ4v) is 5.96. The average molecular weight is 521 g/mol. The van der Waals surface area contributed by atoms with Crippen molar-refractivity contribution in [3.63, 3.8) is 0 Å². The Morgan fingerprint density at radius 3 is 2.68 bits per heavy atom. The maximum absolute atomic E-state index is 12.8. The van der Waals surface area contributed by atoms with Gasteiger partial charge in [-0.3, -0.25) is 9.47 Å². The number of pyridine rings is 1. The quantitative estimate of drug-likeness (QED) is 0.363. The summed E-state index contributed by atoms with van der Waals surface area (Å²) < 4.78 is 13.1. The first kappa shape index (κ1) is 24.1. The highest BCUT2D eigenvalue weighted by molar-refractivity contribution is 7.09. The van der Waals surface area contributed by atoms with E-state index in [-0.39, 0.29) is 11.5 Å². The number of aromatic nitrogens is 4. The van der Waals surface area contributed by atoms with E-state index in [4.69, 9.17) is 20.2 Å². The standard InChI is InChI=1S/C27H32N6O3S/c28-26-25-22(13-23(30-26)36-16-19-7-11-35-12-8-19)33(27(34)31-25)14-18-3-5-20(6-4-18)21-17-37-24(29-21)15-32-9-1-2-10-32/h3-6,13,17,19H,1-2,7-12,14-16H2,(H2,28,30)(H,31,34). The lowest BCUT2D eigenvalue weighted by atomic mass is 10.0. The lowest BCUT2D eigenvalue weighted by Crippen LogP contribution is -2.21. The molecule has 37 heavy (non-hydrogen) atoms. The molecule has 0 amide bonds. The molecule has 0 unspecified atom stereocenters. The number of hydrogen-bond donors (Lipinski definition) is 2. The van der Waals surface area contributed by atoms with Crippen molar-refractivity contribution >= 4 is 28.2 Å². The van der Waals surface area contributed by atoms with Crippen molar-refractivity contribution in [2.45, 2.75) is 38.8 Å². The van der Waals surface area contributed by atoms with Gasteiger partial charge in [0.15, 0.2) is 5.82 Å². The molecule has 4 aromatic rings. The van der Waals surface area contributed by atoms with Gasteiger partial charge in [0.1, 0.15) is 10.5 Å². The van der Waals surface area contributed by atoms with Crippen molar-refractivity contribution in [2.24, 2.45) is 5.92 Å². The van der Waals surface area contributed by atoms with Crippen molar-refractivity contribution < 1.29 is 9.47 Å². The van der Waals surface area contributed by atoms with Crippen LogP contribution in [0.2, 0.25) is 0 Å². The zero-order chi connectivity index (χ0) is 25.2. The molecule has 10 heteroatoms. The van der Waals surface area contributed by atoms with Gasteiger partial charge >= 0.3 is 5.69 Å². The Bertz CT molecular complexity index is 1410. The normalized spacial score (nSPS) is 17.1. The number of nitrogen functional groups attached to an aromatic ring is 1. The van der Waals surface area contributed by atoms with Crippen LogP contribution in [0.3, 0.4) is 0 Å². The average Bonchev–Trinajstić information content (AvgIpc) is 3.67. The molecule has 1 aromatic carbocycles. The van der Waals surface area contributed by atoms with Gasteiger partial charge in [0, 0.05) is 30.2 Å². The van der Waals surface area contributed by atoms with Crippen LogP contribution in [0.1, 0.15) is 36.3 Å². The lowest BCUT2D eigenvalue weighted by molar-refractivity contribution is 0.0491. The van der Waals surface area contributed by atoms with Crippen LogP contribution in [0.4, 0.5) is 5.82 Å². The number of anilines is 1. The predicted molar refractivity (Wildman–Crippen MR) is 145 cm³/mol. The second-order valence-corrected chi connectivity index (χ2v) is 10.9. The predicted octanol–water partition coefficient (Wildman–Crippen LogP) is 3.88. The smallest absolute Gasteiger partial charge is 0.326 e. The number of benzene rings is 1. The zero-order valence-electron chi connectivity index (χ0n) is 20.8. The number of fused-ring (bicyclic) bond motifs is 1. The van der Waals surface area contributed by atoms with Gasteiger partial charge in [-0.2, -0.15) is 4.98 Å². The fraction of sp³-hybridized carbons (Fsp3) is 0.444. The van der Waals surface area contributed by atoms with Crippen molar-refractivity contribution in [2.75, 3.05) is 38.6 Å². The monoisotopic (exact) mass is 520 g/mol. The van der Waals surface area contributed by atoms with Crippen LogP contribution in [-0.4, -0.2) is 57.3 Å². The minimum absolute atomic E-state index is 0.222. The van der Waals surface area contributed by atoms with Crippen LogP contribution in [0, 0.1) is 5.92 Å². The van der Waals surface area contributed by atoms with Crippen molar-refractivity contribution in [3.05, 3.63) is 56.8 Å². The molecule has 0 aliphatic carbocycles. The van der Waals surface area contributed by atoms with E-state index in [9.17, 15) is 4.79 Å². The third-order valence-electron chi connectivity index (χ3n) is 7.28. The number of nitrogens with two attached hydrogens (primary N) is 1. The van der Waals surface area contributed by atoms with E-state index in [2.05, 4.69) is 32.4 Å². The molecule has 0 radical (unpaired) electrons. The molecule has 5 heterocycles. The van der Waals surface area contributed by atoms with E-state index >= 15 is 0 Å². The third-order valence-corrected chi connectivity index (χ3v) is 8.11. The topological polar surface area (TPSA) is 111 Å². The summed E-state index contributed by atoms with van der Waals surface area (Å²) in [5.41, 5.74) is 10.3. The van der Waals surface area contributed by atoms with Crippen LogP contribution >= 0.6 is 11.3 Å². The van der Waals surface area contributed by atoms with Gasteiger partial charge in [-0.1, -0.05) is 24.3 Å². The summed E-state index contributed by atoms with van der Waals surface area (Å²) in [4.78, 5) is 27.3. The molecule has 2 saturated heterocycles. The van der Waals surface area contributed by atoms with Gasteiger partial charge < -0.3 is 20.2 Å². The maximum Gasteiger partial charge on any atom is 0.326 e. The van der Waals surface area contributed by atoms with E-state index in [1.165, 1.54) is 25.9 Å². The SMILES string of the molecule is Nc1nc(OCC2CCOCC2)cc2c1[nH]c(=O)n2Cc1ccc(-c2csc(CN3CCCC3)n2)cc1. The first-order valence-corrected chi connectivity index (χ1v) is 13.9. The molecular weight excluding hydrogens is 488 g/mol. The summed E-state index contributed by atoms with van der Waals surface area (Å²) >= 11 is 1.72. The number of rotatable bonds is 8. The van der Waals surface area contributed by atoms with Crippen molar-refractivity contribution in [3.8, 4) is 17.1 Å². The Hall–Kier alpha value is -3.21. The number of likely N-dealkylation sites (tertiary alicyclic amines) is 1. The highest BCUT2D eigenvalue weighted by atomic mass is 32.1. The van der Waals surface area contributed by atoms with Crippen LogP contribution in [0.5, 0.6) is 5.88 Å². The molecule has 2 aliphatic heterocycles. The highest BCUT2D eigenvalue weighted by Gasteiger charge is 2.18. The summed E-state index contributed by atoms with van der Waals surface area (Å²) in [5, 5.41) is 3.29. The largest absolute Gasteiger partial charge is 0.477 e. The number of H-pyrrole nitrogens is 1. The summed E-state index contributed by atoms with van der Waals surface area (Å²) in [5.74, 6) is 1.14. The van der Waals surface area contributed by atoms with E-state index in [1.54, 1.807) is 22.0 Å². The molecule has 6 rings (SSSR count). The molecule has 0 atom stereocenters. The summed E-state index contributed by atoms with van der Waals surface area (Å²) in [6.07, 6.45) is 4.52. The minimum atomic E-state index is -0.222. The first-order valence-electron chi connectivity index (χ1n) is 13.0. The van der Waals surface area contributed by atoms with Gasteiger partial charge in [0.2, 0.25) is 5.88 Å². The van der Waals surface area contributed by atoms with Crippen LogP contribution < -0.4 is 16.2 Å². The van der Waals surface area contributed by atoms with Crippen LogP contribution in [-0.2, 0) is 17.8 Å². The summed E-state index contributed by atoms with van der Waals surface area (Å²) in [7, 11) is 0. The molecule has 2 fully saturated rings. The number of imidazole rings is 1. The number of hydrogen-bond acceptors (Lipinski definition) is 8. The Morgan fingerprint density at radius 2 is 1.89 bits per heavy atom. The molecule has 0 bridgehead atoms. The molecule has 3 aromatic heterocycles. The molecule has 0 saturated carbocycles. The molecule has 9 nitrogen and oxygen atoms in total. The van der Waals surface area contributed by atoms with Gasteiger partial charge in [0.05, 0.1) is 30.9 Å². The highest BCUT2D eigenvalue weighted by Crippen LogP contribution is 2.26. The van der Waals surface area contributed by atoms with E-state index in [0.29, 0.717) is 36.0 Å². The Labute approximate surface area is 219 Å². The van der Waals surface area contributed by atoms with E-state index in [0.717, 1.165) is 54.4 Å². The van der Waals surface area contributed by atoms with E-state index in [1.807, 2.05) is 12.1 Å². The summed E-state index contributed by atoms with van der Waals surface area (Å²) in [6.45, 7) is 5.78. The second-order valence-electron chi connectivity index (χ2n) is 9.93. The second kappa shape index (κ2) is 10.6. The number of thiazole rings is 1. The molecule has 194 valence electrons. The van der Waals surface area contributed by atoms with Gasteiger partial charge in [-0.25, -0.2) is 9.78 Å². The van der Waals surface area contributed by atoms with Gasteiger partial charge in [-0.15, -0.1) is 11.3 Å². The van der Waals surface area contributed by atoms with Crippen molar-refractivity contribution in [1.82, 2.24) is 24.4 Å². The van der Waals surface area contributed by atoms with Gasteiger partial charge in [-0.05, 0) is 50.3 Å². The maximum atomic E-state index is 12.8. The molecule has 2 aliphatic rings. The Kier molecular flexibility index (Phi) is 6.95. The number of ether oxygens (including phenoxy) is 2. The Morgan fingerprint density at radius 1 is 1.11 bits per heavy atom. The molecule has 0 spiro atoms. The number of nitrogens with zero attached hydrogens (tertiary/aromatic N) is 4. The third kappa shape index (κ3) is 5.41. The van der Waals surface area contributed by atoms with Gasteiger partial charge in [0.25, 0.3) is 0 Å². The van der Waals surface area contributed by atoms with Crippen molar-refractivity contribution in [1.29, 1.82) is 0 Å². The zero-order valence-corrected chi connectivity index (χ0v) is 21.6. The Balaban J connectivity index is 1.17. The van der Waals surface area contributed by atoms with Crippen LogP contribution in [0.25, 0.3) is 22.3 Å². The number of aromatic amines is 1. The minimum Gasteiger partial charge on any atom is -0.477 e. The molecule has 3 N–H and O–H groups in total. The van der Waals surface area contributed by atoms with E-state index < -0.39 is 0 Å². The van der Waals surface area contributed by atoms with Crippen LogP contribution in [0.15, 0.2) is 40.5 Å².